The average Bonchev–Trinajstić information content (AvgIpc) is 3.10. The number of thiophene rings is 1. The fourth-order valence-corrected chi connectivity index (χ4v) is 2.90. The van der Waals surface area contributed by atoms with Crippen molar-refractivity contribution >= 4 is 28.2 Å². The van der Waals surface area contributed by atoms with Gasteiger partial charge in [-0.1, -0.05) is 25.1 Å². The third-order valence-electron chi connectivity index (χ3n) is 2.95. The van der Waals surface area contributed by atoms with Crippen LogP contribution in [0.15, 0.2) is 36.4 Å². The fraction of sp³-hybridized carbons (Fsp3) is 0.200. The first-order valence-corrected chi connectivity index (χ1v) is 7.31. The van der Waals surface area contributed by atoms with Gasteiger partial charge in [-0.3, -0.25) is 5.10 Å². The third-order valence-corrected chi connectivity index (χ3v) is 4.02. The van der Waals surface area contributed by atoms with Gasteiger partial charge in [0, 0.05) is 5.39 Å². The lowest BCUT2D eigenvalue weighted by Crippen LogP contribution is -2.03. The highest BCUT2D eigenvalue weighted by molar-refractivity contribution is 7.17. The maximum Gasteiger partial charge on any atom is 0.348 e. The molecule has 4 nitrogen and oxygen atoms in total. The van der Waals surface area contributed by atoms with E-state index in [-0.39, 0.29) is 5.97 Å². The minimum absolute atomic E-state index is 0.261. The van der Waals surface area contributed by atoms with Crippen molar-refractivity contribution in [2.75, 3.05) is 6.61 Å². The number of H-pyrrole nitrogens is 1. The van der Waals surface area contributed by atoms with Crippen LogP contribution in [0.4, 0.5) is 0 Å². The zero-order valence-corrected chi connectivity index (χ0v) is 11.9. The van der Waals surface area contributed by atoms with Crippen LogP contribution in [0.5, 0.6) is 0 Å². The molecular weight excluding hydrogens is 272 g/mol. The number of nitrogens with one attached hydrogen (secondary N) is 1. The number of para-hydroxylation sites is 1. The van der Waals surface area contributed by atoms with E-state index < -0.39 is 0 Å². The van der Waals surface area contributed by atoms with Gasteiger partial charge in [0.25, 0.3) is 0 Å². The van der Waals surface area contributed by atoms with E-state index in [1.165, 1.54) is 11.3 Å². The Balaban J connectivity index is 1.92. The molecule has 102 valence electrons. The number of carbonyl (C=O) groups excluding carboxylic acids is 1. The number of rotatable bonds is 4. The van der Waals surface area contributed by atoms with E-state index in [0.29, 0.717) is 11.5 Å². The minimum atomic E-state index is -0.261. The Hall–Kier alpha value is -2.14. The van der Waals surface area contributed by atoms with E-state index >= 15 is 0 Å². The zero-order valence-electron chi connectivity index (χ0n) is 11.1. The van der Waals surface area contributed by atoms with Crippen LogP contribution < -0.4 is 0 Å². The van der Waals surface area contributed by atoms with Crippen molar-refractivity contribution in [1.29, 1.82) is 0 Å². The number of carbonyl (C=O) groups is 1. The van der Waals surface area contributed by atoms with Gasteiger partial charge in [-0.15, -0.1) is 11.3 Å². The normalized spacial score (nSPS) is 10.8. The molecule has 3 rings (SSSR count). The zero-order chi connectivity index (χ0) is 13.9. The molecule has 3 aromatic rings. The van der Waals surface area contributed by atoms with Crippen molar-refractivity contribution in [2.24, 2.45) is 0 Å². The van der Waals surface area contributed by atoms with Crippen LogP contribution in [0.2, 0.25) is 0 Å². The number of ether oxygens (including phenoxy) is 1. The van der Waals surface area contributed by atoms with Gasteiger partial charge >= 0.3 is 5.97 Å². The van der Waals surface area contributed by atoms with Gasteiger partial charge in [-0.2, -0.15) is 5.10 Å². The SMILES string of the molecule is CCCOC(=O)c1ccc(-c2n[nH]c3ccccc23)s1. The standard InChI is InChI=1S/C15H14N2O2S/c1-2-9-19-15(18)13-8-7-12(20-13)14-10-5-3-4-6-11(10)16-17-14/h3-8H,2,9H2,1H3,(H,16,17). The van der Waals surface area contributed by atoms with E-state index in [0.717, 1.165) is 27.9 Å². The Bertz CT molecular complexity index is 745. The van der Waals surface area contributed by atoms with Crippen LogP contribution in [-0.2, 0) is 4.74 Å². The summed E-state index contributed by atoms with van der Waals surface area (Å²) >= 11 is 1.41. The second-order valence-electron chi connectivity index (χ2n) is 4.42. The molecule has 2 heterocycles. The Kier molecular flexibility index (Phi) is 3.52. The quantitative estimate of drug-likeness (QED) is 0.741. The molecule has 0 aliphatic carbocycles. The first kappa shape index (κ1) is 12.9. The predicted molar refractivity (Wildman–Crippen MR) is 80.0 cm³/mol. The van der Waals surface area contributed by atoms with Gasteiger partial charge in [0.2, 0.25) is 0 Å². The van der Waals surface area contributed by atoms with E-state index in [1.54, 1.807) is 6.07 Å². The van der Waals surface area contributed by atoms with Crippen LogP contribution >= 0.6 is 11.3 Å². The van der Waals surface area contributed by atoms with Gasteiger partial charge in [0.05, 0.1) is 17.0 Å². The van der Waals surface area contributed by atoms with E-state index in [1.807, 2.05) is 37.3 Å². The van der Waals surface area contributed by atoms with E-state index in [2.05, 4.69) is 10.2 Å². The first-order valence-electron chi connectivity index (χ1n) is 6.50. The smallest absolute Gasteiger partial charge is 0.348 e. The van der Waals surface area contributed by atoms with Crippen molar-refractivity contribution in [3.05, 3.63) is 41.3 Å². The number of fused-ring (bicyclic) bond motifs is 1. The Labute approximate surface area is 120 Å². The molecule has 0 saturated heterocycles. The number of aromatic nitrogens is 2. The number of hydrogen-bond acceptors (Lipinski definition) is 4. The summed E-state index contributed by atoms with van der Waals surface area (Å²) in [6.07, 6.45) is 0.827. The topological polar surface area (TPSA) is 55.0 Å². The lowest BCUT2D eigenvalue weighted by molar-refractivity contribution is 0.0511. The summed E-state index contributed by atoms with van der Waals surface area (Å²) in [5.74, 6) is -0.261. The second-order valence-corrected chi connectivity index (χ2v) is 5.50. The molecule has 5 heteroatoms. The number of hydrogen-bond donors (Lipinski definition) is 1. The lowest BCUT2D eigenvalue weighted by atomic mass is 10.2. The maximum atomic E-state index is 11.8. The molecule has 2 aromatic heterocycles. The van der Waals surface area contributed by atoms with Crippen LogP contribution in [0.3, 0.4) is 0 Å². The average molecular weight is 286 g/mol. The fourth-order valence-electron chi connectivity index (χ4n) is 1.99. The highest BCUT2D eigenvalue weighted by Gasteiger charge is 2.14. The molecule has 1 N–H and O–H groups in total. The summed E-state index contributed by atoms with van der Waals surface area (Å²) < 4.78 is 5.14. The minimum Gasteiger partial charge on any atom is -0.462 e. The molecule has 0 saturated carbocycles. The van der Waals surface area contributed by atoms with Crippen molar-refractivity contribution in [3.63, 3.8) is 0 Å². The molecule has 0 unspecified atom stereocenters. The van der Waals surface area contributed by atoms with Crippen LogP contribution in [0.25, 0.3) is 21.5 Å². The second kappa shape index (κ2) is 5.46. The van der Waals surface area contributed by atoms with Crippen LogP contribution in [0, 0.1) is 0 Å². The van der Waals surface area contributed by atoms with Gasteiger partial charge < -0.3 is 4.74 Å². The molecular formula is C15H14N2O2S. The number of benzene rings is 1. The molecule has 1 aromatic carbocycles. The molecule has 0 radical (unpaired) electrons. The molecule has 0 aliphatic heterocycles. The molecule has 0 spiro atoms. The molecule has 0 aliphatic rings. The van der Waals surface area contributed by atoms with Crippen LogP contribution in [-0.4, -0.2) is 22.8 Å². The van der Waals surface area contributed by atoms with Crippen molar-refractivity contribution in [1.82, 2.24) is 10.2 Å². The maximum absolute atomic E-state index is 11.8. The summed E-state index contributed by atoms with van der Waals surface area (Å²) in [7, 11) is 0. The number of aromatic amines is 1. The number of esters is 1. The summed E-state index contributed by atoms with van der Waals surface area (Å²) in [5, 5.41) is 8.39. The Morgan fingerprint density at radius 3 is 3.00 bits per heavy atom. The Morgan fingerprint density at radius 2 is 2.15 bits per heavy atom. The van der Waals surface area contributed by atoms with Gasteiger partial charge in [-0.25, -0.2) is 4.79 Å². The van der Waals surface area contributed by atoms with Crippen molar-refractivity contribution in [2.45, 2.75) is 13.3 Å². The summed E-state index contributed by atoms with van der Waals surface area (Å²) in [6, 6.07) is 11.6. The molecule has 0 atom stereocenters. The van der Waals surface area contributed by atoms with E-state index in [9.17, 15) is 4.79 Å². The monoisotopic (exact) mass is 286 g/mol. The highest BCUT2D eigenvalue weighted by atomic mass is 32.1. The molecule has 0 fully saturated rings. The van der Waals surface area contributed by atoms with Crippen LogP contribution in [0.1, 0.15) is 23.0 Å². The largest absolute Gasteiger partial charge is 0.462 e. The summed E-state index contributed by atoms with van der Waals surface area (Å²) in [6.45, 7) is 2.43. The number of nitrogens with zero attached hydrogens (tertiary/aromatic N) is 1. The molecule has 0 amide bonds. The van der Waals surface area contributed by atoms with E-state index in [4.69, 9.17) is 4.74 Å². The van der Waals surface area contributed by atoms with Crippen molar-refractivity contribution < 1.29 is 9.53 Å². The first-order chi connectivity index (χ1) is 9.79. The highest BCUT2D eigenvalue weighted by Crippen LogP contribution is 2.32. The summed E-state index contributed by atoms with van der Waals surface area (Å²) in [5.41, 5.74) is 1.87. The molecule has 20 heavy (non-hydrogen) atoms. The third kappa shape index (κ3) is 2.32. The Morgan fingerprint density at radius 1 is 1.30 bits per heavy atom. The molecule has 0 bridgehead atoms. The van der Waals surface area contributed by atoms with Gasteiger partial charge in [0.15, 0.2) is 0 Å². The summed E-state index contributed by atoms with van der Waals surface area (Å²) in [4.78, 5) is 13.4. The predicted octanol–water partition coefficient (Wildman–Crippen LogP) is 3.86. The van der Waals surface area contributed by atoms with Gasteiger partial charge in [-0.05, 0) is 24.6 Å². The van der Waals surface area contributed by atoms with Crippen molar-refractivity contribution in [3.8, 4) is 10.6 Å². The lowest BCUT2D eigenvalue weighted by Gasteiger charge is -1.99. The van der Waals surface area contributed by atoms with Gasteiger partial charge in [0.1, 0.15) is 10.6 Å².